The molecule has 0 spiro atoms. The number of hydrogen-bond acceptors (Lipinski definition) is 6. The van der Waals surface area contributed by atoms with Gasteiger partial charge >= 0.3 is 0 Å². The molecule has 2 fully saturated rings. The van der Waals surface area contributed by atoms with E-state index in [1.54, 1.807) is 0 Å². The van der Waals surface area contributed by atoms with Crippen molar-refractivity contribution in [3.8, 4) is 0 Å². The molecule has 2 heterocycles. The summed E-state index contributed by atoms with van der Waals surface area (Å²) in [5, 5.41) is 3.92. The maximum Gasteiger partial charge on any atom is 0.245 e. The van der Waals surface area contributed by atoms with Crippen molar-refractivity contribution in [2.75, 3.05) is 39.8 Å². The molecule has 1 aromatic heterocycles. The first-order chi connectivity index (χ1) is 10.2. The molecule has 1 saturated carbocycles. The average Bonchev–Trinajstić information content (AvgIpc) is 2.85. The van der Waals surface area contributed by atoms with Crippen molar-refractivity contribution < 1.29 is 9.26 Å². The second kappa shape index (κ2) is 6.42. The summed E-state index contributed by atoms with van der Waals surface area (Å²) in [5.41, 5.74) is 0. The summed E-state index contributed by atoms with van der Waals surface area (Å²) in [6.07, 6.45) is 2.93. The van der Waals surface area contributed by atoms with Crippen LogP contribution in [0.5, 0.6) is 0 Å². The minimum absolute atomic E-state index is 0.225. The maximum atomic E-state index is 5.65. The van der Waals surface area contributed by atoms with Crippen molar-refractivity contribution in [2.45, 2.75) is 38.8 Å². The molecule has 3 rings (SSSR count). The monoisotopic (exact) mass is 294 g/mol. The summed E-state index contributed by atoms with van der Waals surface area (Å²) in [4.78, 5) is 9.25. The molecule has 1 aliphatic heterocycles. The molecule has 0 bridgehead atoms. The van der Waals surface area contributed by atoms with Crippen LogP contribution >= 0.6 is 0 Å². The minimum atomic E-state index is 0.225. The topological polar surface area (TPSA) is 54.6 Å². The van der Waals surface area contributed by atoms with Gasteiger partial charge in [0.25, 0.3) is 0 Å². The molecule has 2 aliphatic rings. The van der Waals surface area contributed by atoms with Crippen LogP contribution < -0.4 is 0 Å². The van der Waals surface area contributed by atoms with E-state index < -0.39 is 0 Å². The lowest BCUT2D eigenvalue weighted by Crippen LogP contribution is -2.50. The van der Waals surface area contributed by atoms with Crippen LogP contribution in [-0.4, -0.2) is 65.9 Å². The molecule has 0 radical (unpaired) electrons. The molecule has 1 saturated heterocycles. The number of likely N-dealkylation sites (N-methyl/N-ethyl adjacent to an activating group) is 1. The van der Waals surface area contributed by atoms with Gasteiger partial charge in [-0.1, -0.05) is 5.16 Å². The van der Waals surface area contributed by atoms with Crippen molar-refractivity contribution in [1.82, 2.24) is 19.9 Å². The minimum Gasteiger partial charge on any atom is -0.378 e. The molecule has 118 valence electrons. The van der Waals surface area contributed by atoms with E-state index in [2.05, 4.69) is 33.9 Å². The predicted molar refractivity (Wildman–Crippen MR) is 79.0 cm³/mol. The van der Waals surface area contributed by atoms with Crippen molar-refractivity contribution >= 4 is 0 Å². The highest BCUT2D eigenvalue weighted by molar-refractivity contribution is 4.96. The van der Waals surface area contributed by atoms with Gasteiger partial charge in [0.15, 0.2) is 5.82 Å². The second-order valence-electron chi connectivity index (χ2n) is 6.35. The molecule has 1 aromatic rings. The van der Waals surface area contributed by atoms with E-state index >= 15 is 0 Å². The summed E-state index contributed by atoms with van der Waals surface area (Å²) in [6.45, 7) is 9.10. The second-order valence-corrected chi connectivity index (χ2v) is 6.35. The molecule has 21 heavy (non-hydrogen) atoms. The Balaban J connectivity index is 1.52. The number of aromatic nitrogens is 2. The van der Waals surface area contributed by atoms with Gasteiger partial charge in [-0.25, -0.2) is 0 Å². The van der Waals surface area contributed by atoms with E-state index in [1.165, 1.54) is 19.4 Å². The van der Waals surface area contributed by atoms with Crippen molar-refractivity contribution in [2.24, 2.45) is 5.92 Å². The molecule has 1 aliphatic carbocycles. The Bertz CT molecular complexity index is 458. The molecule has 6 heteroatoms. The van der Waals surface area contributed by atoms with Crippen LogP contribution in [0.25, 0.3) is 0 Å². The highest BCUT2D eigenvalue weighted by Crippen LogP contribution is 2.32. The zero-order chi connectivity index (χ0) is 14.8. The number of ether oxygens (including phenoxy) is 1. The third-order valence-corrected chi connectivity index (χ3v) is 4.67. The molecular formula is C15H26N4O2. The molecule has 1 atom stereocenters. The smallest absolute Gasteiger partial charge is 0.245 e. The Morgan fingerprint density at radius 2 is 2.14 bits per heavy atom. The lowest BCUT2D eigenvalue weighted by molar-refractivity contribution is -0.0405. The average molecular weight is 294 g/mol. The molecule has 0 unspecified atom stereocenters. The van der Waals surface area contributed by atoms with Gasteiger partial charge < -0.3 is 9.26 Å². The summed E-state index contributed by atoms with van der Waals surface area (Å²) < 4.78 is 11.0. The van der Waals surface area contributed by atoms with E-state index in [0.29, 0.717) is 11.9 Å². The van der Waals surface area contributed by atoms with Crippen molar-refractivity contribution in [1.29, 1.82) is 0 Å². The van der Waals surface area contributed by atoms with Gasteiger partial charge in [-0.3, -0.25) is 9.80 Å². The molecule has 0 aromatic carbocycles. The normalized spacial score (nSPS) is 31.3. The lowest BCUT2D eigenvalue weighted by Gasteiger charge is -2.42. The van der Waals surface area contributed by atoms with E-state index in [4.69, 9.17) is 9.26 Å². The molecule has 0 amide bonds. The van der Waals surface area contributed by atoms with Crippen LogP contribution in [0, 0.1) is 12.8 Å². The van der Waals surface area contributed by atoms with Crippen molar-refractivity contribution in [3.05, 3.63) is 11.7 Å². The van der Waals surface area contributed by atoms with E-state index in [1.807, 2.05) is 6.92 Å². The quantitative estimate of drug-likeness (QED) is 0.820. The standard InChI is InChI=1S/C15H26N4O2/c1-4-20-13-7-12(8-13)9-19-6-5-18(3)14(10-19)15-16-11(2)17-21-15/h12-14H,4-10H2,1-3H3/t12?,13?,14-/m1/s1. The first-order valence-corrected chi connectivity index (χ1v) is 8.00. The first-order valence-electron chi connectivity index (χ1n) is 8.00. The van der Waals surface area contributed by atoms with Gasteiger partial charge in [0.05, 0.1) is 6.10 Å². The predicted octanol–water partition coefficient (Wildman–Crippen LogP) is 1.48. The van der Waals surface area contributed by atoms with Gasteiger partial charge in [0, 0.05) is 32.8 Å². The number of rotatable bonds is 5. The zero-order valence-corrected chi connectivity index (χ0v) is 13.3. The SMILES string of the molecule is CCOC1CC(CN2CCN(C)[C@@H](c3nc(C)no3)C2)C1. The van der Waals surface area contributed by atoms with Crippen LogP contribution in [0.15, 0.2) is 4.52 Å². The fraction of sp³-hybridized carbons (Fsp3) is 0.867. The van der Waals surface area contributed by atoms with Gasteiger partial charge in [0.2, 0.25) is 5.89 Å². The van der Waals surface area contributed by atoms with E-state index in [-0.39, 0.29) is 6.04 Å². The number of aryl methyl sites for hydroxylation is 1. The highest BCUT2D eigenvalue weighted by Gasteiger charge is 2.34. The fourth-order valence-electron chi connectivity index (χ4n) is 3.37. The van der Waals surface area contributed by atoms with Gasteiger partial charge in [-0.15, -0.1) is 0 Å². The Labute approximate surface area is 126 Å². The Kier molecular flexibility index (Phi) is 4.57. The third kappa shape index (κ3) is 3.44. The zero-order valence-electron chi connectivity index (χ0n) is 13.3. The van der Waals surface area contributed by atoms with Crippen LogP contribution in [0.3, 0.4) is 0 Å². The number of nitrogens with zero attached hydrogens (tertiary/aromatic N) is 4. The highest BCUT2D eigenvalue weighted by atomic mass is 16.5. The van der Waals surface area contributed by atoms with Crippen LogP contribution in [0.4, 0.5) is 0 Å². The van der Waals surface area contributed by atoms with Crippen LogP contribution in [-0.2, 0) is 4.74 Å². The summed E-state index contributed by atoms with van der Waals surface area (Å²) in [6, 6.07) is 0.225. The number of hydrogen-bond donors (Lipinski definition) is 0. The van der Waals surface area contributed by atoms with Gasteiger partial charge in [-0.05, 0) is 39.7 Å². The summed E-state index contributed by atoms with van der Waals surface area (Å²) >= 11 is 0. The first kappa shape index (κ1) is 14.9. The summed E-state index contributed by atoms with van der Waals surface area (Å²) in [5.74, 6) is 2.25. The third-order valence-electron chi connectivity index (χ3n) is 4.67. The Morgan fingerprint density at radius 3 is 2.81 bits per heavy atom. The van der Waals surface area contributed by atoms with Crippen LogP contribution in [0.1, 0.15) is 37.5 Å². The van der Waals surface area contributed by atoms with Crippen LogP contribution in [0.2, 0.25) is 0 Å². The van der Waals surface area contributed by atoms with E-state index in [9.17, 15) is 0 Å². The molecule has 0 N–H and O–H groups in total. The lowest BCUT2D eigenvalue weighted by atomic mass is 9.81. The number of piperazine rings is 1. The molecular weight excluding hydrogens is 268 g/mol. The largest absolute Gasteiger partial charge is 0.378 e. The summed E-state index contributed by atoms with van der Waals surface area (Å²) in [7, 11) is 2.13. The maximum absolute atomic E-state index is 5.65. The van der Waals surface area contributed by atoms with Gasteiger partial charge in [0.1, 0.15) is 6.04 Å². The Hall–Kier alpha value is -0.980. The molecule has 6 nitrogen and oxygen atoms in total. The Morgan fingerprint density at radius 1 is 1.33 bits per heavy atom. The van der Waals surface area contributed by atoms with Gasteiger partial charge in [-0.2, -0.15) is 4.98 Å². The van der Waals surface area contributed by atoms with Crippen molar-refractivity contribution in [3.63, 3.8) is 0 Å². The van der Waals surface area contributed by atoms with E-state index in [0.717, 1.165) is 38.0 Å². The fourth-order valence-corrected chi connectivity index (χ4v) is 3.37.